The van der Waals surface area contributed by atoms with Crippen molar-refractivity contribution < 1.29 is 9.13 Å². The molecule has 0 bridgehead atoms. The molecule has 0 aliphatic rings. The number of nitrogens with one attached hydrogen (secondary N) is 1. The number of nitrogens with zero attached hydrogens (tertiary/aromatic N) is 1. The number of ether oxygens (including phenoxy) is 1. The van der Waals surface area contributed by atoms with Crippen LogP contribution < -0.4 is 4.74 Å². The molecule has 27 heavy (non-hydrogen) atoms. The summed E-state index contributed by atoms with van der Waals surface area (Å²) < 4.78 is 19.4. The van der Waals surface area contributed by atoms with Gasteiger partial charge in [0.2, 0.25) is 0 Å². The minimum atomic E-state index is -0.236. The molecule has 0 amide bonds. The van der Waals surface area contributed by atoms with E-state index in [1.165, 1.54) is 12.1 Å². The van der Waals surface area contributed by atoms with Crippen LogP contribution in [0.2, 0.25) is 0 Å². The standard InChI is InChI=1S/C23H21FN2O/c1-16-11-21-22(26-16)8-3-9-23(21)27-10-4-5-17-12-19(15-25-14-17)18-6-2-7-20(24)13-18/h2-3,6-9,11-15,26H,4-5,10H2,1H3. The molecular formula is C23H21FN2O. The maximum atomic E-state index is 13.4. The number of aryl methyl sites for hydroxylation is 2. The first kappa shape index (κ1) is 17.3. The van der Waals surface area contributed by atoms with E-state index in [-0.39, 0.29) is 5.82 Å². The Kier molecular flexibility index (Phi) is 4.88. The fraction of sp³-hybridized carbons (Fsp3) is 0.174. The van der Waals surface area contributed by atoms with E-state index in [4.69, 9.17) is 4.74 Å². The molecule has 4 rings (SSSR count). The summed E-state index contributed by atoms with van der Waals surface area (Å²) in [4.78, 5) is 7.63. The predicted molar refractivity (Wildman–Crippen MR) is 106 cm³/mol. The third-order valence-corrected chi connectivity index (χ3v) is 4.58. The zero-order chi connectivity index (χ0) is 18.6. The van der Waals surface area contributed by atoms with Crippen LogP contribution >= 0.6 is 0 Å². The number of fused-ring (bicyclic) bond motifs is 1. The molecule has 0 saturated heterocycles. The highest BCUT2D eigenvalue weighted by Gasteiger charge is 2.05. The lowest BCUT2D eigenvalue weighted by Gasteiger charge is -2.08. The minimum absolute atomic E-state index is 0.236. The van der Waals surface area contributed by atoms with E-state index in [9.17, 15) is 4.39 Å². The van der Waals surface area contributed by atoms with E-state index < -0.39 is 0 Å². The van der Waals surface area contributed by atoms with E-state index >= 15 is 0 Å². The largest absolute Gasteiger partial charge is 0.493 e. The van der Waals surface area contributed by atoms with Gasteiger partial charge in [-0.3, -0.25) is 4.98 Å². The highest BCUT2D eigenvalue weighted by atomic mass is 19.1. The smallest absolute Gasteiger partial charge is 0.128 e. The second-order valence-corrected chi connectivity index (χ2v) is 6.71. The maximum Gasteiger partial charge on any atom is 0.128 e. The molecule has 136 valence electrons. The molecule has 0 fully saturated rings. The first-order chi connectivity index (χ1) is 13.2. The Hall–Kier alpha value is -3.14. The summed E-state index contributed by atoms with van der Waals surface area (Å²) in [5.74, 6) is 0.670. The van der Waals surface area contributed by atoms with E-state index in [0.29, 0.717) is 6.61 Å². The second kappa shape index (κ2) is 7.62. The molecule has 4 heteroatoms. The van der Waals surface area contributed by atoms with Crippen LogP contribution in [0.4, 0.5) is 4.39 Å². The molecule has 2 aromatic heterocycles. The molecule has 2 aromatic carbocycles. The van der Waals surface area contributed by atoms with Crippen molar-refractivity contribution in [3.63, 3.8) is 0 Å². The summed E-state index contributed by atoms with van der Waals surface area (Å²) in [5.41, 5.74) is 5.12. The van der Waals surface area contributed by atoms with Gasteiger partial charge in [0.1, 0.15) is 11.6 Å². The van der Waals surface area contributed by atoms with Crippen LogP contribution in [0.25, 0.3) is 22.0 Å². The number of hydrogen-bond acceptors (Lipinski definition) is 2. The van der Waals surface area contributed by atoms with Crippen LogP contribution in [0, 0.1) is 12.7 Å². The van der Waals surface area contributed by atoms with Gasteiger partial charge in [-0.2, -0.15) is 0 Å². The molecule has 0 unspecified atom stereocenters. The molecule has 0 atom stereocenters. The number of pyridine rings is 1. The third kappa shape index (κ3) is 4.00. The van der Waals surface area contributed by atoms with Gasteiger partial charge >= 0.3 is 0 Å². The molecule has 0 aliphatic carbocycles. The second-order valence-electron chi connectivity index (χ2n) is 6.71. The number of halogens is 1. The summed E-state index contributed by atoms with van der Waals surface area (Å²) >= 11 is 0. The van der Waals surface area contributed by atoms with Crippen molar-refractivity contribution in [2.75, 3.05) is 6.61 Å². The lowest BCUT2D eigenvalue weighted by molar-refractivity contribution is 0.314. The Bertz CT molecular complexity index is 1070. The van der Waals surface area contributed by atoms with Gasteiger partial charge in [0.25, 0.3) is 0 Å². The number of aromatic nitrogens is 2. The molecule has 2 heterocycles. The van der Waals surface area contributed by atoms with Gasteiger partial charge in [0.15, 0.2) is 0 Å². The molecule has 0 spiro atoms. The summed E-state index contributed by atoms with van der Waals surface area (Å²) in [6.45, 7) is 2.68. The first-order valence-electron chi connectivity index (χ1n) is 9.10. The molecule has 0 aliphatic heterocycles. The van der Waals surface area contributed by atoms with Crippen LogP contribution in [-0.4, -0.2) is 16.6 Å². The lowest BCUT2D eigenvalue weighted by Crippen LogP contribution is -2.00. The zero-order valence-electron chi connectivity index (χ0n) is 15.2. The average molecular weight is 360 g/mol. The highest BCUT2D eigenvalue weighted by molar-refractivity contribution is 5.86. The Labute approximate surface area is 157 Å². The van der Waals surface area contributed by atoms with Gasteiger partial charge in [0, 0.05) is 34.6 Å². The predicted octanol–water partition coefficient (Wildman–Crippen LogP) is 5.69. The summed E-state index contributed by atoms with van der Waals surface area (Å²) in [5, 5.41) is 1.12. The van der Waals surface area contributed by atoms with Crippen molar-refractivity contribution in [1.82, 2.24) is 9.97 Å². The fourth-order valence-corrected chi connectivity index (χ4v) is 3.30. The number of aromatic amines is 1. The molecule has 4 aromatic rings. The monoisotopic (exact) mass is 360 g/mol. The van der Waals surface area contributed by atoms with Crippen molar-refractivity contribution >= 4 is 10.9 Å². The van der Waals surface area contributed by atoms with Crippen molar-refractivity contribution in [3.05, 3.63) is 84.1 Å². The Morgan fingerprint density at radius 3 is 2.78 bits per heavy atom. The number of hydrogen-bond donors (Lipinski definition) is 1. The minimum Gasteiger partial charge on any atom is -0.493 e. The molecular weight excluding hydrogens is 339 g/mol. The third-order valence-electron chi connectivity index (χ3n) is 4.58. The van der Waals surface area contributed by atoms with Crippen LogP contribution in [-0.2, 0) is 6.42 Å². The Morgan fingerprint density at radius 2 is 1.89 bits per heavy atom. The lowest BCUT2D eigenvalue weighted by atomic mass is 10.0. The molecule has 0 radical (unpaired) electrons. The average Bonchev–Trinajstić information content (AvgIpc) is 3.06. The maximum absolute atomic E-state index is 13.4. The van der Waals surface area contributed by atoms with Gasteiger partial charge in [0.05, 0.1) is 6.61 Å². The molecule has 0 saturated carbocycles. The van der Waals surface area contributed by atoms with E-state index in [0.717, 1.165) is 51.9 Å². The van der Waals surface area contributed by atoms with Gasteiger partial charge in [-0.25, -0.2) is 4.39 Å². The highest BCUT2D eigenvalue weighted by Crippen LogP contribution is 2.26. The van der Waals surface area contributed by atoms with E-state index in [1.54, 1.807) is 12.3 Å². The Balaban J connectivity index is 1.38. The normalized spacial score (nSPS) is 11.0. The van der Waals surface area contributed by atoms with E-state index in [2.05, 4.69) is 28.2 Å². The van der Waals surface area contributed by atoms with Gasteiger partial charge < -0.3 is 9.72 Å². The molecule has 1 N–H and O–H groups in total. The number of H-pyrrole nitrogens is 1. The number of benzene rings is 2. The SMILES string of the molecule is Cc1cc2c(OCCCc3cncc(-c4cccc(F)c4)c3)cccc2[nH]1. The van der Waals surface area contributed by atoms with Crippen LogP contribution in [0.15, 0.2) is 67.0 Å². The topological polar surface area (TPSA) is 37.9 Å². The van der Waals surface area contributed by atoms with Crippen LogP contribution in [0.1, 0.15) is 17.7 Å². The quantitative estimate of drug-likeness (QED) is 0.449. The summed E-state index contributed by atoms with van der Waals surface area (Å²) in [6.07, 6.45) is 5.37. The van der Waals surface area contributed by atoms with Crippen molar-refractivity contribution in [2.24, 2.45) is 0 Å². The molecule has 3 nitrogen and oxygen atoms in total. The fourth-order valence-electron chi connectivity index (χ4n) is 3.30. The van der Waals surface area contributed by atoms with Crippen LogP contribution in [0.5, 0.6) is 5.75 Å². The van der Waals surface area contributed by atoms with Crippen molar-refractivity contribution in [2.45, 2.75) is 19.8 Å². The van der Waals surface area contributed by atoms with E-state index in [1.807, 2.05) is 31.3 Å². The zero-order valence-corrected chi connectivity index (χ0v) is 15.2. The number of rotatable bonds is 6. The first-order valence-corrected chi connectivity index (χ1v) is 9.10. The van der Waals surface area contributed by atoms with Crippen molar-refractivity contribution in [3.8, 4) is 16.9 Å². The Morgan fingerprint density at radius 1 is 1.00 bits per heavy atom. The van der Waals surface area contributed by atoms with Crippen molar-refractivity contribution in [1.29, 1.82) is 0 Å². The van der Waals surface area contributed by atoms with Gasteiger partial charge in [-0.1, -0.05) is 18.2 Å². The van der Waals surface area contributed by atoms with Gasteiger partial charge in [-0.05, 0) is 67.3 Å². The van der Waals surface area contributed by atoms with Gasteiger partial charge in [-0.15, -0.1) is 0 Å². The summed E-state index contributed by atoms with van der Waals surface area (Å²) in [6, 6.07) is 16.8. The van der Waals surface area contributed by atoms with Crippen LogP contribution in [0.3, 0.4) is 0 Å². The summed E-state index contributed by atoms with van der Waals surface area (Å²) in [7, 11) is 0.